The molecule has 132 valence electrons. The second-order valence-corrected chi connectivity index (χ2v) is 7.71. The van der Waals surface area contributed by atoms with E-state index in [9.17, 15) is 13.2 Å². The number of sulfone groups is 1. The monoisotopic (exact) mass is 367 g/mol. The molecule has 3 aromatic carbocycles. The smallest absolute Gasteiger partial charge is 0.255 e. The number of nitrogens with one attached hydrogen (secondary N) is 1. The van der Waals surface area contributed by atoms with Crippen molar-refractivity contribution in [2.45, 2.75) is 4.90 Å². The van der Waals surface area contributed by atoms with Gasteiger partial charge in [-0.05, 0) is 48.5 Å². The van der Waals surface area contributed by atoms with E-state index in [2.05, 4.69) is 5.32 Å². The molecule has 0 unspecified atom stereocenters. The lowest BCUT2D eigenvalue weighted by Crippen LogP contribution is -2.12. The maximum atomic E-state index is 12.5. The Labute approximate surface area is 152 Å². The van der Waals surface area contributed by atoms with Gasteiger partial charge in [-0.15, -0.1) is 0 Å². The molecule has 1 amide bonds. The van der Waals surface area contributed by atoms with Crippen LogP contribution in [0, 0.1) is 0 Å². The summed E-state index contributed by atoms with van der Waals surface area (Å²) in [7, 11) is -3.34. The molecule has 0 heterocycles. The van der Waals surface area contributed by atoms with E-state index in [0.717, 1.165) is 6.26 Å². The quantitative estimate of drug-likeness (QED) is 0.736. The van der Waals surface area contributed by atoms with Crippen molar-refractivity contribution in [3.8, 4) is 11.5 Å². The van der Waals surface area contributed by atoms with Crippen LogP contribution in [-0.4, -0.2) is 20.6 Å². The van der Waals surface area contributed by atoms with E-state index in [1.54, 1.807) is 36.4 Å². The maximum Gasteiger partial charge on any atom is 0.255 e. The molecule has 3 rings (SSSR count). The predicted octanol–water partition coefficient (Wildman–Crippen LogP) is 4.13. The van der Waals surface area contributed by atoms with Gasteiger partial charge in [-0.1, -0.05) is 30.3 Å². The fraction of sp³-hybridized carbons (Fsp3) is 0.0500. The van der Waals surface area contributed by atoms with Crippen LogP contribution in [0.4, 0.5) is 5.69 Å². The molecule has 1 N–H and O–H groups in total. The Kier molecular flexibility index (Phi) is 5.04. The zero-order valence-corrected chi connectivity index (χ0v) is 14.9. The van der Waals surface area contributed by atoms with E-state index < -0.39 is 9.84 Å². The van der Waals surface area contributed by atoms with Crippen molar-refractivity contribution >= 4 is 21.4 Å². The second-order valence-electron chi connectivity index (χ2n) is 5.70. The lowest BCUT2D eigenvalue weighted by atomic mass is 10.2. The van der Waals surface area contributed by atoms with Gasteiger partial charge in [0.25, 0.3) is 5.91 Å². The first-order valence-electron chi connectivity index (χ1n) is 7.86. The Bertz CT molecular complexity index is 1030. The third-order valence-corrected chi connectivity index (χ3v) is 4.71. The van der Waals surface area contributed by atoms with Crippen LogP contribution in [-0.2, 0) is 9.84 Å². The second kappa shape index (κ2) is 7.41. The highest BCUT2D eigenvalue weighted by Crippen LogP contribution is 2.22. The summed E-state index contributed by atoms with van der Waals surface area (Å²) in [5, 5.41) is 2.70. The predicted molar refractivity (Wildman–Crippen MR) is 100 cm³/mol. The van der Waals surface area contributed by atoms with Crippen LogP contribution in [0.3, 0.4) is 0 Å². The van der Waals surface area contributed by atoms with E-state index in [0.29, 0.717) is 22.7 Å². The average Bonchev–Trinajstić information content (AvgIpc) is 2.62. The van der Waals surface area contributed by atoms with Gasteiger partial charge in [-0.3, -0.25) is 4.79 Å². The topological polar surface area (TPSA) is 72.5 Å². The zero-order valence-electron chi connectivity index (χ0n) is 14.0. The van der Waals surface area contributed by atoms with Crippen molar-refractivity contribution in [3.63, 3.8) is 0 Å². The van der Waals surface area contributed by atoms with Gasteiger partial charge >= 0.3 is 0 Å². The van der Waals surface area contributed by atoms with Gasteiger partial charge in [0, 0.05) is 17.5 Å². The number of hydrogen-bond acceptors (Lipinski definition) is 4. The average molecular weight is 367 g/mol. The van der Waals surface area contributed by atoms with Crippen LogP contribution in [0.5, 0.6) is 11.5 Å². The molecular formula is C20H17NO4S. The standard InChI is InChI=1S/C20H17NO4S/c1-26(23,24)19-12-6-8-16(14-19)21-20(22)15-7-5-11-18(13-15)25-17-9-3-2-4-10-17/h2-14H,1H3,(H,21,22). The number of amides is 1. The molecule has 5 nitrogen and oxygen atoms in total. The molecule has 26 heavy (non-hydrogen) atoms. The summed E-state index contributed by atoms with van der Waals surface area (Å²) in [5.74, 6) is 0.855. The van der Waals surface area contributed by atoms with Crippen LogP contribution in [0.15, 0.2) is 83.8 Å². The van der Waals surface area contributed by atoms with Crippen LogP contribution in [0.2, 0.25) is 0 Å². The zero-order chi connectivity index (χ0) is 18.6. The summed E-state index contributed by atoms with van der Waals surface area (Å²) in [6.45, 7) is 0. The molecular weight excluding hydrogens is 350 g/mol. The van der Waals surface area contributed by atoms with Crippen molar-refractivity contribution in [1.29, 1.82) is 0 Å². The summed E-state index contributed by atoms with van der Waals surface area (Å²) in [6.07, 6.45) is 1.12. The van der Waals surface area contributed by atoms with E-state index in [-0.39, 0.29) is 10.8 Å². The first kappa shape index (κ1) is 17.7. The molecule has 0 atom stereocenters. The maximum absolute atomic E-state index is 12.5. The van der Waals surface area contributed by atoms with Gasteiger partial charge in [0.2, 0.25) is 0 Å². The molecule has 0 aliphatic carbocycles. The summed E-state index contributed by atoms with van der Waals surface area (Å²) in [5.41, 5.74) is 0.815. The molecule has 3 aromatic rings. The minimum absolute atomic E-state index is 0.150. The Morgan fingerprint density at radius 1 is 0.846 bits per heavy atom. The Hall–Kier alpha value is -3.12. The number of carbonyl (C=O) groups excluding carboxylic acids is 1. The van der Waals surface area contributed by atoms with Gasteiger partial charge in [-0.25, -0.2) is 8.42 Å². The number of anilines is 1. The largest absolute Gasteiger partial charge is 0.457 e. The van der Waals surface area contributed by atoms with Crippen LogP contribution in [0.1, 0.15) is 10.4 Å². The third kappa shape index (κ3) is 4.49. The van der Waals surface area contributed by atoms with Crippen molar-refractivity contribution in [2.75, 3.05) is 11.6 Å². The fourth-order valence-corrected chi connectivity index (χ4v) is 3.00. The van der Waals surface area contributed by atoms with Crippen molar-refractivity contribution in [3.05, 3.63) is 84.4 Å². The molecule has 0 aromatic heterocycles. The van der Waals surface area contributed by atoms with Gasteiger partial charge in [0.1, 0.15) is 11.5 Å². The summed E-state index contributed by atoms with van der Waals surface area (Å²) in [4.78, 5) is 12.6. The molecule has 0 aliphatic rings. The van der Waals surface area contributed by atoms with E-state index >= 15 is 0 Å². The molecule has 0 saturated heterocycles. The van der Waals surface area contributed by atoms with Crippen molar-refractivity contribution in [1.82, 2.24) is 0 Å². The van der Waals surface area contributed by atoms with Crippen LogP contribution < -0.4 is 10.1 Å². The van der Waals surface area contributed by atoms with Gasteiger partial charge < -0.3 is 10.1 Å². The van der Waals surface area contributed by atoms with E-state index in [4.69, 9.17) is 4.74 Å². The lowest BCUT2D eigenvalue weighted by molar-refractivity contribution is 0.102. The molecule has 0 aliphatic heterocycles. The minimum atomic E-state index is -3.34. The molecule has 0 radical (unpaired) electrons. The molecule has 6 heteroatoms. The van der Waals surface area contributed by atoms with Gasteiger partial charge in [-0.2, -0.15) is 0 Å². The minimum Gasteiger partial charge on any atom is -0.457 e. The summed E-state index contributed by atoms with van der Waals surface area (Å²) < 4.78 is 29.0. The first-order valence-corrected chi connectivity index (χ1v) is 9.75. The number of rotatable bonds is 5. The lowest BCUT2D eigenvalue weighted by Gasteiger charge is -2.09. The molecule has 0 spiro atoms. The van der Waals surface area contributed by atoms with Crippen LogP contribution >= 0.6 is 0 Å². The van der Waals surface area contributed by atoms with Crippen molar-refractivity contribution in [2.24, 2.45) is 0 Å². The van der Waals surface area contributed by atoms with Crippen LogP contribution in [0.25, 0.3) is 0 Å². The number of benzene rings is 3. The first-order chi connectivity index (χ1) is 12.4. The fourth-order valence-electron chi connectivity index (χ4n) is 2.33. The van der Waals surface area contributed by atoms with Gasteiger partial charge in [0.05, 0.1) is 4.90 Å². The Morgan fingerprint density at radius 3 is 2.27 bits per heavy atom. The molecule has 0 fully saturated rings. The highest BCUT2D eigenvalue weighted by atomic mass is 32.2. The number of carbonyl (C=O) groups is 1. The Morgan fingerprint density at radius 2 is 1.54 bits per heavy atom. The molecule has 0 saturated carbocycles. The number of ether oxygens (including phenoxy) is 1. The highest BCUT2D eigenvalue weighted by molar-refractivity contribution is 7.90. The highest BCUT2D eigenvalue weighted by Gasteiger charge is 2.11. The van der Waals surface area contributed by atoms with E-state index in [1.165, 1.54) is 12.1 Å². The summed E-state index contributed by atoms with van der Waals surface area (Å²) in [6, 6.07) is 22.2. The Balaban J connectivity index is 1.77. The number of para-hydroxylation sites is 1. The normalized spacial score (nSPS) is 11.0. The van der Waals surface area contributed by atoms with E-state index in [1.807, 2.05) is 30.3 Å². The third-order valence-electron chi connectivity index (χ3n) is 3.60. The number of hydrogen-bond donors (Lipinski definition) is 1. The molecule has 0 bridgehead atoms. The van der Waals surface area contributed by atoms with Crippen molar-refractivity contribution < 1.29 is 17.9 Å². The van der Waals surface area contributed by atoms with Gasteiger partial charge in [0.15, 0.2) is 9.84 Å². The summed E-state index contributed by atoms with van der Waals surface area (Å²) >= 11 is 0. The SMILES string of the molecule is CS(=O)(=O)c1cccc(NC(=O)c2cccc(Oc3ccccc3)c2)c1.